The third-order valence-electron chi connectivity index (χ3n) is 4.41. The summed E-state index contributed by atoms with van der Waals surface area (Å²) in [7, 11) is 0. The first-order valence-electron chi connectivity index (χ1n) is 6.46. The van der Waals surface area contributed by atoms with Crippen LogP contribution in [-0.2, 0) is 0 Å². The minimum absolute atomic E-state index is 0.492. The Balaban J connectivity index is 1.63. The fraction of sp³-hybridized carbons (Fsp3) is 0.692. The van der Waals surface area contributed by atoms with Crippen LogP contribution in [0, 0.1) is 17.8 Å². The number of nitrogens with zero attached hydrogens (tertiary/aromatic N) is 2. The quantitative estimate of drug-likeness (QED) is 0.928. The monoisotopic (exact) mass is 295 g/mol. The molecule has 0 saturated heterocycles. The molecule has 0 aromatic carbocycles. The van der Waals surface area contributed by atoms with Gasteiger partial charge in [0.25, 0.3) is 0 Å². The maximum Gasteiger partial charge on any atom is 0.222 e. The van der Waals surface area contributed by atoms with E-state index < -0.39 is 0 Å². The normalized spacial score (nSPS) is 32.7. The van der Waals surface area contributed by atoms with Crippen LogP contribution in [0.5, 0.6) is 0 Å². The van der Waals surface area contributed by atoms with E-state index in [1.807, 2.05) is 0 Å². The van der Waals surface area contributed by atoms with E-state index in [2.05, 4.69) is 38.1 Å². The van der Waals surface area contributed by atoms with Crippen molar-refractivity contribution in [2.75, 3.05) is 5.32 Å². The lowest BCUT2D eigenvalue weighted by Gasteiger charge is -2.28. The lowest BCUT2D eigenvalue weighted by molar-refractivity contribution is 0.303. The standard InChI is InChI=1S/C13H18BrN3/c1-8(12-5-9-2-3-10(12)4-9)17-13-15-6-11(14)7-16-13/h6-10,12H,2-5H2,1H3,(H,15,16,17). The molecule has 2 bridgehead atoms. The van der Waals surface area contributed by atoms with Crippen molar-refractivity contribution in [2.24, 2.45) is 17.8 Å². The molecule has 0 amide bonds. The van der Waals surface area contributed by atoms with Gasteiger partial charge >= 0.3 is 0 Å². The zero-order chi connectivity index (χ0) is 11.8. The first-order valence-corrected chi connectivity index (χ1v) is 7.26. The molecular formula is C13H18BrN3. The van der Waals surface area contributed by atoms with Crippen molar-refractivity contribution in [1.29, 1.82) is 0 Å². The first kappa shape index (κ1) is 11.5. The molecule has 2 saturated carbocycles. The van der Waals surface area contributed by atoms with Crippen LogP contribution in [0.15, 0.2) is 16.9 Å². The third kappa shape index (κ3) is 2.32. The largest absolute Gasteiger partial charge is 0.351 e. The van der Waals surface area contributed by atoms with E-state index in [0.717, 1.165) is 28.2 Å². The SMILES string of the molecule is CC(Nc1ncc(Br)cn1)C1CC2CCC1C2. The molecule has 0 radical (unpaired) electrons. The molecule has 2 aliphatic carbocycles. The summed E-state index contributed by atoms with van der Waals surface area (Å²) >= 11 is 3.35. The van der Waals surface area contributed by atoms with Gasteiger partial charge in [-0.2, -0.15) is 0 Å². The second-order valence-electron chi connectivity index (χ2n) is 5.50. The molecule has 2 aliphatic rings. The zero-order valence-corrected chi connectivity index (χ0v) is 11.7. The number of anilines is 1. The Labute approximate surface area is 111 Å². The van der Waals surface area contributed by atoms with Crippen LogP contribution >= 0.6 is 15.9 Å². The zero-order valence-electron chi connectivity index (χ0n) is 10.1. The lowest BCUT2D eigenvalue weighted by atomic mass is 9.84. The smallest absolute Gasteiger partial charge is 0.222 e. The summed E-state index contributed by atoms with van der Waals surface area (Å²) in [5.74, 6) is 3.52. The molecule has 1 N–H and O–H groups in total. The predicted molar refractivity (Wildman–Crippen MR) is 71.8 cm³/mol. The van der Waals surface area contributed by atoms with Crippen LogP contribution in [-0.4, -0.2) is 16.0 Å². The Morgan fingerprint density at radius 1 is 1.29 bits per heavy atom. The van der Waals surface area contributed by atoms with Gasteiger partial charge in [-0.05, 0) is 59.9 Å². The van der Waals surface area contributed by atoms with Gasteiger partial charge < -0.3 is 5.32 Å². The van der Waals surface area contributed by atoms with Crippen molar-refractivity contribution in [3.05, 3.63) is 16.9 Å². The van der Waals surface area contributed by atoms with Crippen LogP contribution in [0.4, 0.5) is 5.95 Å². The highest BCUT2D eigenvalue weighted by Crippen LogP contribution is 2.49. The summed E-state index contributed by atoms with van der Waals surface area (Å²) < 4.78 is 0.927. The van der Waals surface area contributed by atoms with E-state index >= 15 is 0 Å². The van der Waals surface area contributed by atoms with E-state index in [4.69, 9.17) is 0 Å². The van der Waals surface area contributed by atoms with Crippen LogP contribution in [0.1, 0.15) is 32.6 Å². The average Bonchev–Trinajstić information content (AvgIpc) is 2.94. The van der Waals surface area contributed by atoms with E-state index in [0.29, 0.717) is 6.04 Å². The summed E-state index contributed by atoms with van der Waals surface area (Å²) in [6, 6.07) is 0.492. The van der Waals surface area contributed by atoms with E-state index in [1.165, 1.54) is 25.7 Å². The summed E-state index contributed by atoms with van der Waals surface area (Å²) in [4.78, 5) is 8.57. The topological polar surface area (TPSA) is 37.8 Å². The molecule has 17 heavy (non-hydrogen) atoms. The van der Waals surface area contributed by atoms with Gasteiger partial charge in [-0.3, -0.25) is 0 Å². The van der Waals surface area contributed by atoms with Gasteiger partial charge in [0.15, 0.2) is 0 Å². The van der Waals surface area contributed by atoms with Gasteiger partial charge in [-0.15, -0.1) is 0 Å². The Bertz CT molecular complexity index is 392. The molecular weight excluding hydrogens is 278 g/mol. The van der Waals surface area contributed by atoms with Crippen molar-refractivity contribution in [3.63, 3.8) is 0 Å². The molecule has 0 aliphatic heterocycles. The van der Waals surface area contributed by atoms with E-state index in [-0.39, 0.29) is 0 Å². The van der Waals surface area contributed by atoms with E-state index in [9.17, 15) is 0 Å². The molecule has 3 nitrogen and oxygen atoms in total. The first-order chi connectivity index (χ1) is 8.22. The highest BCUT2D eigenvalue weighted by molar-refractivity contribution is 9.10. The maximum atomic E-state index is 4.28. The summed E-state index contributed by atoms with van der Waals surface area (Å²) in [6.45, 7) is 2.27. The fourth-order valence-corrected chi connectivity index (χ4v) is 3.81. The Hall–Kier alpha value is -0.640. The van der Waals surface area contributed by atoms with Crippen LogP contribution < -0.4 is 5.32 Å². The van der Waals surface area contributed by atoms with Crippen molar-refractivity contribution in [3.8, 4) is 0 Å². The number of nitrogens with one attached hydrogen (secondary N) is 1. The van der Waals surface area contributed by atoms with Gasteiger partial charge in [-0.1, -0.05) is 6.42 Å². The summed E-state index contributed by atoms with van der Waals surface area (Å²) in [6.07, 6.45) is 9.34. The molecule has 2 fully saturated rings. The molecule has 4 atom stereocenters. The minimum atomic E-state index is 0.492. The lowest BCUT2D eigenvalue weighted by Crippen LogP contribution is -2.30. The van der Waals surface area contributed by atoms with Gasteiger partial charge in [0.1, 0.15) is 0 Å². The van der Waals surface area contributed by atoms with Crippen molar-refractivity contribution < 1.29 is 0 Å². The van der Waals surface area contributed by atoms with Crippen LogP contribution in [0.25, 0.3) is 0 Å². The highest BCUT2D eigenvalue weighted by atomic mass is 79.9. The number of halogens is 1. The number of fused-ring (bicyclic) bond motifs is 2. The average molecular weight is 296 g/mol. The number of rotatable bonds is 3. The van der Waals surface area contributed by atoms with Crippen LogP contribution in [0.2, 0.25) is 0 Å². The molecule has 0 spiro atoms. The van der Waals surface area contributed by atoms with Crippen LogP contribution in [0.3, 0.4) is 0 Å². The van der Waals surface area contributed by atoms with Gasteiger partial charge in [0.2, 0.25) is 5.95 Å². The third-order valence-corrected chi connectivity index (χ3v) is 4.82. The summed E-state index contributed by atoms with van der Waals surface area (Å²) in [5.41, 5.74) is 0. The predicted octanol–water partition coefficient (Wildman–Crippen LogP) is 3.48. The molecule has 1 aromatic rings. The molecule has 4 heteroatoms. The van der Waals surface area contributed by atoms with E-state index in [1.54, 1.807) is 12.4 Å². The Morgan fingerprint density at radius 3 is 2.65 bits per heavy atom. The minimum Gasteiger partial charge on any atom is -0.351 e. The second-order valence-corrected chi connectivity index (χ2v) is 6.41. The molecule has 1 aromatic heterocycles. The van der Waals surface area contributed by atoms with Gasteiger partial charge in [0.05, 0.1) is 4.47 Å². The Morgan fingerprint density at radius 2 is 2.06 bits per heavy atom. The van der Waals surface area contributed by atoms with Crippen molar-refractivity contribution in [1.82, 2.24) is 9.97 Å². The second kappa shape index (κ2) is 4.56. The fourth-order valence-electron chi connectivity index (χ4n) is 3.60. The number of hydrogen-bond acceptors (Lipinski definition) is 3. The molecule has 1 heterocycles. The number of aromatic nitrogens is 2. The van der Waals surface area contributed by atoms with Crippen molar-refractivity contribution >= 4 is 21.9 Å². The highest BCUT2D eigenvalue weighted by Gasteiger charge is 2.41. The van der Waals surface area contributed by atoms with Crippen molar-refractivity contribution in [2.45, 2.75) is 38.6 Å². The van der Waals surface area contributed by atoms with Gasteiger partial charge in [-0.25, -0.2) is 9.97 Å². The maximum absolute atomic E-state index is 4.28. The Kier molecular flexibility index (Phi) is 3.07. The molecule has 92 valence electrons. The van der Waals surface area contributed by atoms with Gasteiger partial charge in [0, 0.05) is 18.4 Å². The molecule has 4 unspecified atom stereocenters. The molecule has 3 rings (SSSR count). The summed E-state index contributed by atoms with van der Waals surface area (Å²) in [5, 5.41) is 3.45. The number of hydrogen-bond donors (Lipinski definition) is 1.